The van der Waals surface area contributed by atoms with Gasteiger partial charge in [-0.25, -0.2) is 4.79 Å². The van der Waals surface area contributed by atoms with Gasteiger partial charge in [0.25, 0.3) is 0 Å². The first-order chi connectivity index (χ1) is 12.4. The molecule has 0 spiro atoms. The van der Waals surface area contributed by atoms with Crippen molar-refractivity contribution >= 4 is 23.0 Å². The number of amides is 1. The van der Waals surface area contributed by atoms with Crippen molar-refractivity contribution in [3.8, 4) is 0 Å². The van der Waals surface area contributed by atoms with E-state index < -0.39 is 11.7 Å². The number of alkyl carbamates (subject to hydrolysis) is 1. The van der Waals surface area contributed by atoms with Crippen LogP contribution >= 0.6 is 0 Å². The molecule has 1 aromatic heterocycles. The standard InChI is InChI=1S/C19H27N5O2/c1-19(2,3)26-18(25)23-12-11-22-17(20-4)24-13-15-8-5-7-14-9-6-10-21-16(14)15/h5-10H,11-13H2,1-4H3,(H,23,25)(H2,20,22,24). The van der Waals surface area contributed by atoms with Crippen molar-refractivity contribution in [2.45, 2.75) is 32.9 Å². The molecule has 2 aromatic rings. The van der Waals surface area contributed by atoms with Crippen molar-refractivity contribution in [1.29, 1.82) is 0 Å². The Kier molecular flexibility index (Phi) is 6.77. The SMILES string of the molecule is CN=C(NCCNC(=O)OC(C)(C)C)NCc1cccc2cccnc12. The number of carbonyl (C=O) groups excluding carboxylic acids is 1. The number of nitrogens with zero attached hydrogens (tertiary/aromatic N) is 2. The minimum absolute atomic E-state index is 0.427. The van der Waals surface area contributed by atoms with E-state index in [9.17, 15) is 4.79 Å². The molecule has 140 valence electrons. The van der Waals surface area contributed by atoms with E-state index in [1.54, 1.807) is 13.2 Å². The van der Waals surface area contributed by atoms with Gasteiger partial charge in [0.2, 0.25) is 0 Å². The molecule has 26 heavy (non-hydrogen) atoms. The van der Waals surface area contributed by atoms with Crippen molar-refractivity contribution in [1.82, 2.24) is 20.9 Å². The summed E-state index contributed by atoms with van der Waals surface area (Å²) in [6, 6.07) is 10.1. The molecule has 0 radical (unpaired) electrons. The quantitative estimate of drug-likeness (QED) is 0.435. The molecule has 7 nitrogen and oxygen atoms in total. The number of aromatic nitrogens is 1. The smallest absolute Gasteiger partial charge is 0.407 e. The van der Waals surface area contributed by atoms with Gasteiger partial charge in [0.1, 0.15) is 5.60 Å². The lowest BCUT2D eigenvalue weighted by atomic mass is 10.1. The summed E-state index contributed by atoms with van der Waals surface area (Å²) >= 11 is 0. The van der Waals surface area contributed by atoms with Crippen LogP contribution in [-0.2, 0) is 11.3 Å². The molecule has 3 N–H and O–H groups in total. The molecule has 0 fully saturated rings. The maximum absolute atomic E-state index is 11.6. The highest BCUT2D eigenvalue weighted by atomic mass is 16.6. The summed E-state index contributed by atoms with van der Waals surface area (Å²) in [5.41, 5.74) is 1.57. The Bertz CT molecular complexity index is 763. The van der Waals surface area contributed by atoms with E-state index in [1.807, 2.05) is 51.1 Å². The van der Waals surface area contributed by atoms with Gasteiger partial charge in [0.05, 0.1) is 5.52 Å². The Morgan fingerprint density at radius 1 is 1.12 bits per heavy atom. The summed E-state index contributed by atoms with van der Waals surface area (Å²) in [5, 5.41) is 10.2. The van der Waals surface area contributed by atoms with Crippen LogP contribution < -0.4 is 16.0 Å². The minimum atomic E-state index is -0.498. The van der Waals surface area contributed by atoms with Crippen LogP contribution in [0.25, 0.3) is 10.9 Å². The third kappa shape index (κ3) is 6.23. The maximum Gasteiger partial charge on any atom is 0.407 e. The molecule has 1 aromatic carbocycles. The number of ether oxygens (including phenoxy) is 1. The van der Waals surface area contributed by atoms with Crippen LogP contribution in [0, 0.1) is 0 Å². The number of pyridine rings is 1. The summed E-state index contributed by atoms with van der Waals surface area (Å²) in [5.74, 6) is 0.656. The van der Waals surface area contributed by atoms with Crippen LogP contribution in [-0.4, -0.2) is 42.8 Å². The van der Waals surface area contributed by atoms with E-state index in [1.165, 1.54) is 0 Å². The molecule has 7 heteroatoms. The molecule has 0 unspecified atom stereocenters. The number of aliphatic imine (C=N–C) groups is 1. The molecule has 2 rings (SSSR count). The molecule has 0 aliphatic carbocycles. The van der Waals surface area contributed by atoms with Crippen LogP contribution in [0.15, 0.2) is 41.5 Å². The van der Waals surface area contributed by atoms with E-state index in [0.29, 0.717) is 25.6 Å². The highest BCUT2D eigenvalue weighted by Gasteiger charge is 2.15. The van der Waals surface area contributed by atoms with Crippen LogP contribution in [0.4, 0.5) is 4.79 Å². The molecular weight excluding hydrogens is 330 g/mol. The number of rotatable bonds is 5. The van der Waals surface area contributed by atoms with Crippen molar-refractivity contribution < 1.29 is 9.53 Å². The Morgan fingerprint density at radius 3 is 2.58 bits per heavy atom. The first kappa shape index (κ1) is 19.5. The minimum Gasteiger partial charge on any atom is -0.444 e. The summed E-state index contributed by atoms with van der Waals surface area (Å²) in [4.78, 5) is 20.2. The van der Waals surface area contributed by atoms with Crippen molar-refractivity contribution in [2.75, 3.05) is 20.1 Å². The van der Waals surface area contributed by atoms with Gasteiger partial charge >= 0.3 is 6.09 Å². The average molecular weight is 357 g/mol. The number of fused-ring (bicyclic) bond motifs is 1. The number of hydrogen-bond acceptors (Lipinski definition) is 4. The molecule has 0 aliphatic rings. The van der Waals surface area contributed by atoms with Gasteiger partial charge in [-0.3, -0.25) is 9.98 Å². The Morgan fingerprint density at radius 2 is 1.85 bits per heavy atom. The third-order valence-corrected chi connectivity index (χ3v) is 3.47. The Hall–Kier alpha value is -2.83. The first-order valence-corrected chi connectivity index (χ1v) is 8.63. The zero-order valence-corrected chi connectivity index (χ0v) is 15.8. The van der Waals surface area contributed by atoms with Crippen molar-refractivity contribution in [3.63, 3.8) is 0 Å². The van der Waals surface area contributed by atoms with E-state index in [0.717, 1.165) is 16.5 Å². The van der Waals surface area contributed by atoms with E-state index >= 15 is 0 Å². The molecule has 0 aliphatic heterocycles. The van der Waals surface area contributed by atoms with E-state index in [2.05, 4.69) is 25.9 Å². The second kappa shape index (κ2) is 9.03. The highest BCUT2D eigenvalue weighted by molar-refractivity contribution is 5.83. The van der Waals surface area contributed by atoms with Crippen LogP contribution in [0.5, 0.6) is 0 Å². The van der Waals surface area contributed by atoms with Gasteiger partial charge < -0.3 is 20.7 Å². The van der Waals surface area contributed by atoms with Gasteiger partial charge in [-0.1, -0.05) is 24.3 Å². The van der Waals surface area contributed by atoms with Crippen LogP contribution in [0.2, 0.25) is 0 Å². The fraction of sp³-hybridized carbons (Fsp3) is 0.421. The van der Waals surface area contributed by atoms with Crippen LogP contribution in [0.3, 0.4) is 0 Å². The topological polar surface area (TPSA) is 87.6 Å². The number of nitrogens with one attached hydrogen (secondary N) is 3. The molecule has 1 heterocycles. The molecule has 0 atom stereocenters. The zero-order valence-electron chi connectivity index (χ0n) is 15.8. The summed E-state index contributed by atoms with van der Waals surface area (Å²) in [6.07, 6.45) is 1.37. The summed E-state index contributed by atoms with van der Waals surface area (Å²) < 4.78 is 5.19. The third-order valence-electron chi connectivity index (χ3n) is 3.47. The summed E-state index contributed by atoms with van der Waals surface area (Å²) in [7, 11) is 1.71. The first-order valence-electron chi connectivity index (χ1n) is 8.63. The summed E-state index contributed by atoms with van der Waals surface area (Å²) in [6.45, 7) is 7.07. The number of guanidine groups is 1. The number of carbonyl (C=O) groups is 1. The molecular formula is C19H27N5O2. The van der Waals surface area contributed by atoms with Gasteiger partial charge in [0.15, 0.2) is 5.96 Å². The van der Waals surface area contributed by atoms with Gasteiger partial charge in [-0.2, -0.15) is 0 Å². The number of benzene rings is 1. The largest absolute Gasteiger partial charge is 0.444 e. The van der Waals surface area contributed by atoms with Crippen molar-refractivity contribution in [2.24, 2.45) is 4.99 Å². The monoisotopic (exact) mass is 357 g/mol. The second-order valence-electron chi connectivity index (χ2n) is 6.77. The molecule has 0 saturated heterocycles. The van der Waals surface area contributed by atoms with Crippen molar-refractivity contribution in [3.05, 3.63) is 42.1 Å². The average Bonchev–Trinajstić information content (AvgIpc) is 2.59. The highest BCUT2D eigenvalue weighted by Crippen LogP contribution is 2.15. The predicted octanol–water partition coefficient (Wildman–Crippen LogP) is 2.42. The van der Waals surface area contributed by atoms with Gasteiger partial charge in [-0.05, 0) is 32.4 Å². The molecule has 1 amide bonds. The maximum atomic E-state index is 11.6. The lowest BCUT2D eigenvalue weighted by Crippen LogP contribution is -2.42. The van der Waals surface area contributed by atoms with E-state index in [4.69, 9.17) is 4.74 Å². The fourth-order valence-electron chi connectivity index (χ4n) is 2.37. The van der Waals surface area contributed by atoms with E-state index in [-0.39, 0.29) is 0 Å². The number of hydrogen-bond donors (Lipinski definition) is 3. The Balaban J connectivity index is 1.78. The van der Waals surface area contributed by atoms with Crippen LogP contribution in [0.1, 0.15) is 26.3 Å². The van der Waals surface area contributed by atoms with Gasteiger partial charge in [-0.15, -0.1) is 0 Å². The fourth-order valence-corrected chi connectivity index (χ4v) is 2.37. The molecule has 0 saturated carbocycles. The zero-order chi connectivity index (χ0) is 19.0. The number of para-hydroxylation sites is 1. The van der Waals surface area contributed by atoms with Gasteiger partial charge in [0, 0.05) is 38.3 Å². The normalized spacial score (nSPS) is 11.9. The predicted molar refractivity (Wildman–Crippen MR) is 104 cm³/mol. The Labute approximate surface area is 154 Å². The lowest BCUT2D eigenvalue weighted by Gasteiger charge is -2.20. The molecule has 0 bridgehead atoms. The lowest BCUT2D eigenvalue weighted by molar-refractivity contribution is 0.0529. The second-order valence-corrected chi connectivity index (χ2v) is 6.77.